The number of ether oxygens (including phenoxy) is 1. The largest absolute Gasteiger partial charge is 0.385 e. The van der Waals surface area contributed by atoms with Crippen LogP contribution in [-0.2, 0) is 14.8 Å². The van der Waals surface area contributed by atoms with E-state index in [0.717, 1.165) is 0 Å². The van der Waals surface area contributed by atoms with Gasteiger partial charge in [-0.05, 0) is 18.6 Å². The number of hydrazine groups is 1. The highest BCUT2D eigenvalue weighted by Gasteiger charge is 2.16. The highest BCUT2D eigenvalue weighted by atomic mass is 32.2. The number of anilines is 1. The van der Waals surface area contributed by atoms with Crippen LogP contribution in [0.1, 0.15) is 6.42 Å². The van der Waals surface area contributed by atoms with Crippen molar-refractivity contribution in [1.82, 2.24) is 4.72 Å². The van der Waals surface area contributed by atoms with Gasteiger partial charge in [0.05, 0.1) is 5.69 Å². The van der Waals surface area contributed by atoms with Crippen molar-refractivity contribution in [2.75, 3.05) is 25.7 Å². The molecule has 0 amide bonds. The van der Waals surface area contributed by atoms with Gasteiger partial charge in [-0.15, -0.1) is 0 Å². The summed E-state index contributed by atoms with van der Waals surface area (Å²) in [6.07, 6.45) is 0.619. The third-order valence-electron chi connectivity index (χ3n) is 2.15. The van der Waals surface area contributed by atoms with Crippen molar-refractivity contribution in [2.24, 2.45) is 5.84 Å². The molecule has 1 rings (SSSR count). The van der Waals surface area contributed by atoms with Crippen LogP contribution in [0.2, 0.25) is 0 Å². The topological polar surface area (TPSA) is 93.4 Å². The molecule has 0 saturated heterocycles. The predicted octanol–water partition coefficient (Wildman–Crippen LogP) is 0.287. The van der Waals surface area contributed by atoms with Gasteiger partial charge in [-0.3, -0.25) is 5.84 Å². The van der Waals surface area contributed by atoms with Gasteiger partial charge in [-0.1, -0.05) is 12.1 Å². The van der Waals surface area contributed by atoms with Crippen LogP contribution in [0.5, 0.6) is 0 Å². The number of sulfonamides is 1. The third-order valence-corrected chi connectivity index (χ3v) is 3.67. The second kappa shape index (κ2) is 6.55. The Balaban J connectivity index is 2.75. The zero-order valence-corrected chi connectivity index (χ0v) is 10.5. The second-order valence-electron chi connectivity index (χ2n) is 3.38. The second-order valence-corrected chi connectivity index (χ2v) is 5.12. The van der Waals surface area contributed by atoms with Crippen molar-refractivity contribution in [2.45, 2.75) is 11.3 Å². The van der Waals surface area contributed by atoms with E-state index in [2.05, 4.69) is 10.1 Å². The first kappa shape index (κ1) is 13.9. The molecular weight excluding hydrogens is 242 g/mol. The molecular formula is C10H17N3O3S. The number of para-hydroxylation sites is 1. The number of rotatable bonds is 7. The quantitative estimate of drug-likeness (QED) is 0.372. The molecule has 17 heavy (non-hydrogen) atoms. The number of hydrogen-bond donors (Lipinski definition) is 3. The first-order valence-electron chi connectivity index (χ1n) is 5.16. The van der Waals surface area contributed by atoms with Crippen molar-refractivity contribution in [1.29, 1.82) is 0 Å². The molecule has 0 atom stereocenters. The summed E-state index contributed by atoms with van der Waals surface area (Å²) in [5.41, 5.74) is 2.73. The normalized spacial score (nSPS) is 11.4. The first-order valence-corrected chi connectivity index (χ1v) is 6.64. The van der Waals surface area contributed by atoms with Crippen LogP contribution in [0.15, 0.2) is 29.2 Å². The molecule has 7 heteroatoms. The van der Waals surface area contributed by atoms with Crippen molar-refractivity contribution in [3.8, 4) is 0 Å². The molecule has 96 valence electrons. The minimum Gasteiger partial charge on any atom is -0.385 e. The molecule has 0 fully saturated rings. The highest BCUT2D eigenvalue weighted by molar-refractivity contribution is 7.89. The van der Waals surface area contributed by atoms with E-state index in [1.807, 2.05) is 0 Å². The van der Waals surface area contributed by atoms with Crippen molar-refractivity contribution < 1.29 is 13.2 Å². The van der Waals surface area contributed by atoms with Crippen LogP contribution in [0.4, 0.5) is 5.69 Å². The summed E-state index contributed by atoms with van der Waals surface area (Å²) in [5.74, 6) is 5.26. The Bertz CT molecular complexity index is 448. The van der Waals surface area contributed by atoms with Gasteiger partial charge in [0.1, 0.15) is 4.90 Å². The molecule has 0 radical (unpaired) electrons. The zero-order chi connectivity index (χ0) is 12.7. The Morgan fingerprint density at radius 3 is 2.71 bits per heavy atom. The summed E-state index contributed by atoms with van der Waals surface area (Å²) in [6, 6.07) is 6.45. The molecule has 0 spiro atoms. The Morgan fingerprint density at radius 1 is 1.35 bits per heavy atom. The molecule has 6 nitrogen and oxygen atoms in total. The lowest BCUT2D eigenvalue weighted by Gasteiger charge is -2.10. The van der Waals surface area contributed by atoms with Crippen molar-refractivity contribution in [3.63, 3.8) is 0 Å². The van der Waals surface area contributed by atoms with Gasteiger partial charge < -0.3 is 10.2 Å². The molecule has 0 unspecified atom stereocenters. The molecule has 0 bridgehead atoms. The van der Waals surface area contributed by atoms with E-state index in [0.29, 0.717) is 25.3 Å². The summed E-state index contributed by atoms with van der Waals surface area (Å²) < 4.78 is 31.2. The SMILES string of the molecule is COCCCNS(=O)(=O)c1ccccc1NN. The number of nitrogens with two attached hydrogens (primary N) is 1. The molecule has 0 saturated carbocycles. The number of benzene rings is 1. The Kier molecular flexibility index (Phi) is 5.36. The standard InChI is InChI=1S/C10H17N3O3S/c1-16-8-4-7-12-17(14,15)10-6-3-2-5-9(10)13-11/h2-3,5-6,12-13H,4,7-8,11H2,1H3. The summed E-state index contributed by atoms with van der Waals surface area (Å²) in [7, 11) is -1.96. The maximum Gasteiger partial charge on any atom is 0.242 e. The minimum atomic E-state index is -3.53. The molecule has 4 N–H and O–H groups in total. The monoisotopic (exact) mass is 259 g/mol. The van der Waals surface area contributed by atoms with Crippen LogP contribution in [0.3, 0.4) is 0 Å². The maximum atomic E-state index is 11.9. The Morgan fingerprint density at radius 2 is 2.06 bits per heavy atom. The van der Waals surface area contributed by atoms with Crippen LogP contribution in [0.25, 0.3) is 0 Å². The third kappa shape index (κ3) is 3.97. The Hall–Kier alpha value is -1.15. The fraction of sp³-hybridized carbons (Fsp3) is 0.400. The summed E-state index contributed by atoms with van der Waals surface area (Å²) in [4.78, 5) is 0.139. The van der Waals surface area contributed by atoms with E-state index < -0.39 is 10.0 Å². The highest BCUT2D eigenvalue weighted by Crippen LogP contribution is 2.19. The van der Waals surface area contributed by atoms with Crippen LogP contribution < -0.4 is 16.0 Å². The fourth-order valence-electron chi connectivity index (χ4n) is 1.32. The van der Waals surface area contributed by atoms with Crippen molar-refractivity contribution in [3.05, 3.63) is 24.3 Å². The number of hydrogen-bond acceptors (Lipinski definition) is 5. The maximum absolute atomic E-state index is 11.9. The lowest BCUT2D eigenvalue weighted by molar-refractivity contribution is 0.196. The number of methoxy groups -OCH3 is 1. The first-order chi connectivity index (χ1) is 8.11. The van der Waals surface area contributed by atoms with Crippen LogP contribution in [-0.4, -0.2) is 28.7 Å². The zero-order valence-electron chi connectivity index (χ0n) is 9.64. The molecule has 1 aromatic rings. The molecule has 0 heterocycles. The summed E-state index contributed by atoms with van der Waals surface area (Å²) in [5, 5.41) is 0. The average Bonchev–Trinajstić information content (AvgIpc) is 2.34. The smallest absolute Gasteiger partial charge is 0.242 e. The van der Waals surface area contributed by atoms with Crippen LogP contribution in [0, 0.1) is 0 Å². The number of nitrogen functional groups attached to an aromatic ring is 1. The van der Waals surface area contributed by atoms with Gasteiger partial charge in [0.25, 0.3) is 0 Å². The van der Waals surface area contributed by atoms with Gasteiger partial charge in [0.15, 0.2) is 0 Å². The van der Waals surface area contributed by atoms with Gasteiger partial charge in [-0.25, -0.2) is 13.1 Å². The van der Waals surface area contributed by atoms with Gasteiger partial charge in [0, 0.05) is 20.3 Å². The molecule has 1 aromatic carbocycles. The summed E-state index contributed by atoms with van der Waals surface area (Å²) >= 11 is 0. The van der Waals surface area contributed by atoms with Crippen molar-refractivity contribution >= 4 is 15.7 Å². The van der Waals surface area contributed by atoms with E-state index in [1.165, 1.54) is 6.07 Å². The van der Waals surface area contributed by atoms with Crippen LogP contribution >= 0.6 is 0 Å². The van der Waals surface area contributed by atoms with E-state index in [4.69, 9.17) is 10.6 Å². The predicted molar refractivity (Wildman–Crippen MR) is 65.9 cm³/mol. The lowest BCUT2D eigenvalue weighted by Crippen LogP contribution is -2.26. The van der Waals surface area contributed by atoms with Gasteiger partial charge in [-0.2, -0.15) is 0 Å². The van der Waals surface area contributed by atoms with E-state index in [1.54, 1.807) is 25.3 Å². The molecule has 0 aromatic heterocycles. The molecule has 0 aliphatic rings. The van der Waals surface area contributed by atoms with Gasteiger partial charge in [0.2, 0.25) is 10.0 Å². The molecule has 0 aliphatic heterocycles. The van der Waals surface area contributed by atoms with E-state index in [-0.39, 0.29) is 4.90 Å². The molecule has 0 aliphatic carbocycles. The van der Waals surface area contributed by atoms with E-state index in [9.17, 15) is 8.42 Å². The number of nitrogens with one attached hydrogen (secondary N) is 2. The average molecular weight is 259 g/mol. The lowest BCUT2D eigenvalue weighted by atomic mass is 10.3. The fourth-order valence-corrected chi connectivity index (χ4v) is 2.56. The Labute approximate surface area is 101 Å². The summed E-state index contributed by atoms with van der Waals surface area (Å²) in [6.45, 7) is 0.842. The minimum absolute atomic E-state index is 0.139. The van der Waals surface area contributed by atoms with E-state index >= 15 is 0 Å². The van der Waals surface area contributed by atoms with Gasteiger partial charge >= 0.3 is 0 Å².